The molecule has 1 rings (SSSR count). The molecule has 0 spiro atoms. The Labute approximate surface area is 113 Å². The van der Waals surface area contributed by atoms with Crippen molar-refractivity contribution in [2.75, 3.05) is 25.9 Å². The van der Waals surface area contributed by atoms with E-state index in [9.17, 15) is 18.0 Å². The third-order valence-electron chi connectivity index (χ3n) is 2.53. The molecule has 112 valence electrons. The molecule has 1 aromatic rings. The highest BCUT2D eigenvalue weighted by Gasteiger charge is 2.34. The molecule has 3 N–H and O–H groups in total. The van der Waals surface area contributed by atoms with Gasteiger partial charge in [-0.25, -0.2) is 4.79 Å². The van der Waals surface area contributed by atoms with Gasteiger partial charge < -0.3 is 20.5 Å². The average Bonchev–Trinajstić information content (AvgIpc) is 2.34. The van der Waals surface area contributed by atoms with Crippen LogP contribution in [0.25, 0.3) is 0 Å². The highest BCUT2D eigenvalue weighted by atomic mass is 19.4. The minimum absolute atomic E-state index is 0.00437. The number of alkyl halides is 3. The highest BCUT2D eigenvalue weighted by molar-refractivity contribution is 5.64. The number of amides is 1. The Kier molecular flexibility index (Phi) is 5.06. The first-order valence-electron chi connectivity index (χ1n) is 5.75. The lowest BCUT2D eigenvalue weighted by Gasteiger charge is -2.16. The van der Waals surface area contributed by atoms with Crippen molar-refractivity contribution in [3.63, 3.8) is 0 Å². The molecule has 0 fully saturated rings. The second kappa shape index (κ2) is 6.36. The fourth-order valence-corrected chi connectivity index (χ4v) is 1.47. The molecule has 0 saturated heterocycles. The summed E-state index contributed by atoms with van der Waals surface area (Å²) < 4.78 is 43.3. The van der Waals surface area contributed by atoms with E-state index < -0.39 is 17.8 Å². The Morgan fingerprint density at radius 2 is 2.10 bits per heavy atom. The predicted octanol–water partition coefficient (Wildman–Crippen LogP) is 2.67. The Morgan fingerprint density at radius 3 is 2.65 bits per heavy atom. The number of hydrogen-bond donors (Lipinski definition) is 2. The maximum Gasteiger partial charge on any atom is 0.420 e. The van der Waals surface area contributed by atoms with Gasteiger partial charge in [-0.15, -0.1) is 0 Å². The number of ether oxygens (including phenoxy) is 1. The first kappa shape index (κ1) is 15.9. The monoisotopic (exact) mass is 292 g/mol. The van der Waals surface area contributed by atoms with Crippen LogP contribution in [0.1, 0.15) is 12.0 Å². The second-order valence-corrected chi connectivity index (χ2v) is 4.16. The molecule has 0 aliphatic rings. The summed E-state index contributed by atoms with van der Waals surface area (Å²) in [6, 6.07) is 3.27. The fourth-order valence-electron chi connectivity index (χ4n) is 1.47. The van der Waals surface area contributed by atoms with Crippen LogP contribution in [0.15, 0.2) is 18.2 Å². The second-order valence-electron chi connectivity index (χ2n) is 4.16. The number of halogens is 3. The van der Waals surface area contributed by atoms with Crippen LogP contribution < -0.4 is 10.5 Å². The molecule has 0 bridgehead atoms. The molecule has 0 aliphatic heterocycles. The number of anilines is 1. The topological polar surface area (TPSA) is 75.8 Å². The zero-order valence-electron chi connectivity index (χ0n) is 10.8. The zero-order valence-corrected chi connectivity index (χ0v) is 10.8. The van der Waals surface area contributed by atoms with Crippen LogP contribution in [0.4, 0.5) is 23.7 Å². The van der Waals surface area contributed by atoms with E-state index >= 15 is 0 Å². The van der Waals surface area contributed by atoms with Crippen molar-refractivity contribution in [3.05, 3.63) is 23.8 Å². The molecule has 0 saturated carbocycles. The molecule has 0 radical (unpaired) electrons. The van der Waals surface area contributed by atoms with E-state index in [0.717, 1.165) is 17.0 Å². The van der Waals surface area contributed by atoms with E-state index in [-0.39, 0.29) is 31.0 Å². The largest absolute Gasteiger partial charge is 0.493 e. The molecule has 1 aromatic carbocycles. The Balaban J connectivity index is 2.62. The quantitative estimate of drug-likeness (QED) is 0.646. The number of benzene rings is 1. The van der Waals surface area contributed by atoms with Crippen LogP contribution in [-0.4, -0.2) is 36.3 Å². The molecule has 0 heterocycles. The summed E-state index contributed by atoms with van der Waals surface area (Å²) in [6.45, 7) is 0.149. The maximum absolute atomic E-state index is 12.8. The minimum Gasteiger partial charge on any atom is -0.493 e. The summed E-state index contributed by atoms with van der Waals surface area (Å²) in [5, 5.41) is 8.60. The van der Waals surface area contributed by atoms with Crippen molar-refractivity contribution < 1.29 is 27.8 Å². The lowest BCUT2D eigenvalue weighted by Crippen LogP contribution is -2.26. The smallest absolute Gasteiger partial charge is 0.420 e. The van der Waals surface area contributed by atoms with Crippen molar-refractivity contribution in [1.29, 1.82) is 0 Å². The SMILES string of the molecule is CN(CCCOc1ccc(N)cc1C(F)(F)F)C(=O)O. The number of carboxylic acid groups (broad SMARTS) is 1. The van der Waals surface area contributed by atoms with Crippen molar-refractivity contribution in [2.24, 2.45) is 0 Å². The summed E-state index contributed by atoms with van der Waals surface area (Å²) in [7, 11) is 1.37. The standard InChI is InChI=1S/C12H15F3N2O3/c1-17(11(18)19)5-2-6-20-10-4-3-8(16)7-9(10)12(13,14)15/h3-4,7H,2,5-6,16H2,1H3,(H,18,19). The Morgan fingerprint density at radius 1 is 1.45 bits per heavy atom. The summed E-state index contributed by atoms with van der Waals surface area (Å²) >= 11 is 0. The minimum atomic E-state index is -4.55. The van der Waals surface area contributed by atoms with Gasteiger partial charge in [0.05, 0.1) is 12.2 Å². The van der Waals surface area contributed by atoms with Gasteiger partial charge in [-0.2, -0.15) is 13.2 Å². The van der Waals surface area contributed by atoms with Crippen LogP contribution in [-0.2, 0) is 6.18 Å². The predicted molar refractivity (Wildman–Crippen MR) is 66.6 cm³/mol. The number of nitrogen functional groups attached to an aromatic ring is 1. The summed E-state index contributed by atoms with van der Waals surface area (Å²) in [5.74, 6) is -0.315. The molecular weight excluding hydrogens is 277 g/mol. The van der Waals surface area contributed by atoms with Gasteiger partial charge in [0, 0.05) is 19.3 Å². The first-order chi connectivity index (χ1) is 9.21. The molecule has 0 aromatic heterocycles. The zero-order chi connectivity index (χ0) is 15.3. The molecular formula is C12H15F3N2O3. The lowest BCUT2D eigenvalue weighted by molar-refractivity contribution is -0.138. The van der Waals surface area contributed by atoms with Crippen molar-refractivity contribution in [1.82, 2.24) is 4.90 Å². The fraction of sp³-hybridized carbons (Fsp3) is 0.417. The Hall–Kier alpha value is -2.12. The van der Waals surface area contributed by atoms with Crippen molar-refractivity contribution in [3.8, 4) is 5.75 Å². The van der Waals surface area contributed by atoms with Gasteiger partial charge in [-0.05, 0) is 24.6 Å². The van der Waals surface area contributed by atoms with Gasteiger partial charge >= 0.3 is 12.3 Å². The highest BCUT2D eigenvalue weighted by Crippen LogP contribution is 2.37. The number of hydrogen-bond acceptors (Lipinski definition) is 3. The van der Waals surface area contributed by atoms with Gasteiger partial charge in [0.15, 0.2) is 0 Å². The van der Waals surface area contributed by atoms with Crippen LogP contribution in [0.5, 0.6) is 5.75 Å². The van der Waals surface area contributed by atoms with Gasteiger partial charge in [-0.3, -0.25) is 0 Å². The summed E-state index contributed by atoms with van der Waals surface area (Å²) in [5.41, 5.74) is 4.38. The summed E-state index contributed by atoms with van der Waals surface area (Å²) in [6.07, 6.45) is -5.37. The molecule has 0 unspecified atom stereocenters. The molecule has 5 nitrogen and oxygen atoms in total. The molecule has 8 heteroatoms. The van der Waals surface area contributed by atoms with E-state index in [0.29, 0.717) is 0 Å². The van der Waals surface area contributed by atoms with Gasteiger partial charge in [0.2, 0.25) is 0 Å². The molecule has 0 aliphatic carbocycles. The maximum atomic E-state index is 12.8. The number of nitrogens with two attached hydrogens (primary N) is 1. The number of carbonyl (C=O) groups is 1. The van der Waals surface area contributed by atoms with Crippen LogP contribution in [0.3, 0.4) is 0 Å². The first-order valence-corrected chi connectivity index (χ1v) is 5.75. The number of rotatable bonds is 5. The van der Waals surface area contributed by atoms with Crippen LogP contribution >= 0.6 is 0 Å². The lowest BCUT2D eigenvalue weighted by atomic mass is 10.1. The van der Waals surface area contributed by atoms with E-state index in [1.807, 2.05) is 0 Å². The van der Waals surface area contributed by atoms with Crippen LogP contribution in [0, 0.1) is 0 Å². The number of nitrogens with zero attached hydrogens (tertiary/aromatic N) is 1. The van der Waals surface area contributed by atoms with E-state index in [2.05, 4.69) is 0 Å². The van der Waals surface area contributed by atoms with E-state index in [1.54, 1.807) is 0 Å². The van der Waals surface area contributed by atoms with E-state index in [4.69, 9.17) is 15.6 Å². The summed E-state index contributed by atoms with van der Waals surface area (Å²) in [4.78, 5) is 11.5. The third-order valence-corrected chi connectivity index (χ3v) is 2.53. The van der Waals surface area contributed by atoms with Crippen LogP contribution in [0.2, 0.25) is 0 Å². The average molecular weight is 292 g/mol. The molecule has 20 heavy (non-hydrogen) atoms. The normalized spacial score (nSPS) is 11.2. The van der Waals surface area contributed by atoms with E-state index in [1.165, 1.54) is 13.1 Å². The molecule has 0 atom stereocenters. The van der Waals surface area contributed by atoms with Gasteiger partial charge in [0.1, 0.15) is 5.75 Å². The molecule has 1 amide bonds. The van der Waals surface area contributed by atoms with Crippen molar-refractivity contribution >= 4 is 11.8 Å². The van der Waals surface area contributed by atoms with Gasteiger partial charge in [0.25, 0.3) is 0 Å². The Bertz CT molecular complexity index is 478. The van der Waals surface area contributed by atoms with Gasteiger partial charge in [-0.1, -0.05) is 0 Å². The van der Waals surface area contributed by atoms with Crippen molar-refractivity contribution in [2.45, 2.75) is 12.6 Å². The third kappa shape index (κ3) is 4.52.